The molecule has 0 amide bonds. The smallest absolute Gasteiger partial charge is 0.0831 e. The van der Waals surface area contributed by atoms with E-state index in [0.29, 0.717) is 5.02 Å². The Hall–Kier alpha value is -1.51. The molecule has 2 aromatic carbocycles. The predicted octanol–water partition coefficient (Wildman–Crippen LogP) is 3.97. The lowest BCUT2D eigenvalue weighted by molar-refractivity contribution is 0.223. The first kappa shape index (κ1) is 13.9. The summed E-state index contributed by atoms with van der Waals surface area (Å²) in [6.07, 6.45) is 0. The lowest BCUT2D eigenvalue weighted by atomic mass is 9.89. The van der Waals surface area contributed by atoms with Crippen LogP contribution in [0.4, 0.5) is 5.69 Å². The standard InChI is InChI=1S/C16H18ClNO/c1-12-7-3-4-8-13(12)16(2,11-19)18-15-10-6-5-9-14(15)17/h3-10,18-19H,11H2,1-2H3. The summed E-state index contributed by atoms with van der Waals surface area (Å²) in [5.41, 5.74) is 2.47. The molecule has 2 aromatic rings. The third-order valence-electron chi connectivity index (χ3n) is 3.34. The molecule has 0 saturated carbocycles. The molecule has 100 valence electrons. The van der Waals surface area contributed by atoms with Gasteiger partial charge in [0.1, 0.15) is 0 Å². The molecule has 2 rings (SSSR count). The molecule has 1 atom stereocenters. The van der Waals surface area contributed by atoms with Crippen molar-refractivity contribution in [1.82, 2.24) is 0 Å². The molecule has 1 unspecified atom stereocenters. The van der Waals surface area contributed by atoms with Crippen molar-refractivity contribution in [2.75, 3.05) is 11.9 Å². The van der Waals surface area contributed by atoms with Gasteiger partial charge in [-0.15, -0.1) is 0 Å². The normalized spacial score (nSPS) is 13.9. The molecule has 2 nitrogen and oxygen atoms in total. The summed E-state index contributed by atoms with van der Waals surface area (Å²) in [5, 5.41) is 13.8. The molecule has 0 fully saturated rings. The van der Waals surface area contributed by atoms with Crippen molar-refractivity contribution in [3.05, 3.63) is 64.7 Å². The number of aliphatic hydroxyl groups is 1. The van der Waals surface area contributed by atoms with E-state index in [4.69, 9.17) is 11.6 Å². The number of nitrogens with one attached hydrogen (secondary N) is 1. The van der Waals surface area contributed by atoms with Crippen molar-refractivity contribution in [2.24, 2.45) is 0 Å². The first-order chi connectivity index (χ1) is 9.07. The fourth-order valence-electron chi connectivity index (χ4n) is 2.24. The van der Waals surface area contributed by atoms with E-state index in [9.17, 15) is 5.11 Å². The second-order valence-electron chi connectivity index (χ2n) is 4.91. The number of halogens is 1. The highest BCUT2D eigenvalue weighted by Crippen LogP contribution is 2.31. The van der Waals surface area contributed by atoms with Crippen LogP contribution in [0.25, 0.3) is 0 Å². The van der Waals surface area contributed by atoms with Gasteiger partial charge >= 0.3 is 0 Å². The summed E-state index contributed by atoms with van der Waals surface area (Å²) in [6, 6.07) is 15.6. The highest BCUT2D eigenvalue weighted by molar-refractivity contribution is 6.33. The van der Waals surface area contributed by atoms with Gasteiger partial charge in [0.05, 0.1) is 22.9 Å². The van der Waals surface area contributed by atoms with E-state index >= 15 is 0 Å². The molecule has 0 aliphatic heterocycles. The molecule has 3 heteroatoms. The maximum Gasteiger partial charge on any atom is 0.0831 e. The van der Waals surface area contributed by atoms with Crippen molar-refractivity contribution in [3.8, 4) is 0 Å². The van der Waals surface area contributed by atoms with Crippen molar-refractivity contribution >= 4 is 17.3 Å². The Bertz CT molecular complexity index is 570. The number of hydrogen-bond acceptors (Lipinski definition) is 2. The molecule has 0 aromatic heterocycles. The lowest BCUT2D eigenvalue weighted by Gasteiger charge is -2.32. The molecule has 0 heterocycles. The molecule has 0 saturated heterocycles. The highest BCUT2D eigenvalue weighted by Gasteiger charge is 2.27. The number of para-hydroxylation sites is 1. The fourth-order valence-corrected chi connectivity index (χ4v) is 2.43. The molecule has 0 aliphatic carbocycles. The minimum atomic E-state index is -0.559. The summed E-state index contributed by atoms with van der Waals surface area (Å²) in [4.78, 5) is 0. The first-order valence-electron chi connectivity index (χ1n) is 6.26. The first-order valence-corrected chi connectivity index (χ1v) is 6.64. The van der Waals surface area contributed by atoms with E-state index < -0.39 is 5.54 Å². The van der Waals surface area contributed by atoms with Crippen LogP contribution in [0.1, 0.15) is 18.1 Å². The van der Waals surface area contributed by atoms with Gasteiger partial charge in [-0.25, -0.2) is 0 Å². The summed E-state index contributed by atoms with van der Waals surface area (Å²) < 4.78 is 0. The second-order valence-corrected chi connectivity index (χ2v) is 5.32. The SMILES string of the molecule is Cc1ccccc1C(C)(CO)Nc1ccccc1Cl. The number of hydrogen-bond donors (Lipinski definition) is 2. The second kappa shape index (κ2) is 5.64. The number of rotatable bonds is 4. The lowest BCUT2D eigenvalue weighted by Crippen LogP contribution is -2.36. The topological polar surface area (TPSA) is 32.3 Å². The van der Waals surface area contributed by atoms with Crippen LogP contribution < -0.4 is 5.32 Å². The van der Waals surface area contributed by atoms with E-state index in [1.807, 2.05) is 62.4 Å². The van der Waals surface area contributed by atoms with Gasteiger partial charge in [0, 0.05) is 0 Å². The van der Waals surface area contributed by atoms with Gasteiger partial charge in [0.15, 0.2) is 0 Å². The maximum atomic E-state index is 9.81. The molecular weight excluding hydrogens is 258 g/mol. The van der Waals surface area contributed by atoms with Crippen LogP contribution in [-0.4, -0.2) is 11.7 Å². The largest absolute Gasteiger partial charge is 0.394 e. The van der Waals surface area contributed by atoms with Gasteiger partial charge < -0.3 is 10.4 Å². The van der Waals surface area contributed by atoms with E-state index in [1.165, 1.54) is 0 Å². The van der Waals surface area contributed by atoms with Crippen LogP contribution in [0.2, 0.25) is 5.02 Å². The maximum absolute atomic E-state index is 9.81. The minimum absolute atomic E-state index is 0.0108. The zero-order chi connectivity index (χ0) is 13.9. The van der Waals surface area contributed by atoms with Crippen molar-refractivity contribution in [1.29, 1.82) is 0 Å². The van der Waals surface area contributed by atoms with Gasteiger partial charge in [-0.1, -0.05) is 48.0 Å². The zero-order valence-electron chi connectivity index (χ0n) is 11.2. The monoisotopic (exact) mass is 275 g/mol. The number of aliphatic hydroxyl groups excluding tert-OH is 1. The third kappa shape index (κ3) is 2.91. The predicted molar refractivity (Wildman–Crippen MR) is 80.7 cm³/mol. The quantitative estimate of drug-likeness (QED) is 0.885. The Morgan fingerprint density at radius 2 is 1.74 bits per heavy atom. The van der Waals surface area contributed by atoms with Crippen LogP contribution in [0, 0.1) is 6.92 Å². The minimum Gasteiger partial charge on any atom is -0.394 e. The van der Waals surface area contributed by atoms with Crippen LogP contribution >= 0.6 is 11.6 Å². The Morgan fingerprint density at radius 1 is 1.11 bits per heavy atom. The van der Waals surface area contributed by atoms with E-state index in [2.05, 4.69) is 5.32 Å². The molecule has 2 N–H and O–H groups in total. The van der Waals surface area contributed by atoms with E-state index in [-0.39, 0.29) is 6.61 Å². The van der Waals surface area contributed by atoms with Crippen molar-refractivity contribution in [3.63, 3.8) is 0 Å². The molecular formula is C16H18ClNO. The highest BCUT2D eigenvalue weighted by atomic mass is 35.5. The average Bonchev–Trinajstić information content (AvgIpc) is 2.42. The molecule has 19 heavy (non-hydrogen) atoms. The molecule has 0 radical (unpaired) electrons. The van der Waals surface area contributed by atoms with Gasteiger partial charge in [-0.3, -0.25) is 0 Å². The summed E-state index contributed by atoms with van der Waals surface area (Å²) in [7, 11) is 0. The van der Waals surface area contributed by atoms with Crippen molar-refractivity contribution in [2.45, 2.75) is 19.4 Å². The van der Waals surface area contributed by atoms with Gasteiger partial charge in [0.25, 0.3) is 0 Å². The third-order valence-corrected chi connectivity index (χ3v) is 3.67. The van der Waals surface area contributed by atoms with Crippen molar-refractivity contribution < 1.29 is 5.11 Å². The van der Waals surface area contributed by atoms with Gasteiger partial charge in [-0.05, 0) is 37.1 Å². The molecule has 0 spiro atoms. The van der Waals surface area contributed by atoms with E-state index in [1.54, 1.807) is 0 Å². The van der Waals surface area contributed by atoms with Crippen LogP contribution in [0.5, 0.6) is 0 Å². The number of benzene rings is 2. The van der Waals surface area contributed by atoms with Crippen LogP contribution in [0.3, 0.4) is 0 Å². The Labute approximate surface area is 119 Å². The van der Waals surface area contributed by atoms with Gasteiger partial charge in [0.2, 0.25) is 0 Å². The number of anilines is 1. The number of aryl methyl sites for hydroxylation is 1. The summed E-state index contributed by atoms with van der Waals surface area (Å²) >= 11 is 6.17. The Morgan fingerprint density at radius 3 is 2.37 bits per heavy atom. The van der Waals surface area contributed by atoms with Crippen LogP contribution in [-0.2, 0) is 5.54 Å². The summed E-state index contributed by atoms with van der Waals surface area (Å²) in [6.45, 7) is 4.00. The molecule has 0 aliphatic rings. The summed E-state index contributed by atoms with van der Waals surface area (Å²) in [5.74, 6) is 0. The average molecular weight is 276 g/mol. The fraction of sp³-hybridized carbons (Fsp3) is 0.250. The zero-order valence-corrected chi connectivity index (χ0v) is 11.9. The van der Waals surface area contributed by atoms with Crippen LogP contribution in [0.15, 0.2) is 48.5 Å². The van der Waals surface area contributed by atoms with Gasteiger partial charge in [-0.2, -0.15) is 0 Å². The Kier molecular flexibility index (Phi) is 4.13. The molecule has 0 bridgehead atoms. The Balaban J connectivity index is 2.39. The van der Waals surface area contributed by atoms with E-state index in [0.717, 1.165) is 16.8 Å².